The van der Waals surface area contributed by atoms with Crippen molar-refractivity contribution in [2.45, 2.75) is 13.1 Å². The smallest absolute Gasteiger partial charge is 0.196 e. The Bertz CT molecular complexity index is 980. The van der Waals surface area contributed by atoms with Gasteiger partial charge in [0.25, 0.3) is 0 Å². The highest BCUT2D eigenvalue weighted by Crippen LogP contribution is 2.23. The van der Waals surface area contributed by atoms with E-state index < -0.39 is 17.2 Å². The monoisotopic (exact) mass is 409 g/mol. The average Bonchev–Trinajstić information content (AvgIpc) is 2.79. The zero-order valence-corrected chi connectivity index (χ0v) is 19.2. The summed E-state index contributed by atoms with van der Waals surface area (Å²) in [6.07, 6.45) is 0. The van der Waals surface area contributed by atoms with Crippen molar-refractivity contribution in [2.75, 3.05) is 4.23 Å². The highest BCUT2D eigenvalue weighted by atomic mass is 28.4. The van der Waals surface area contributed by atoms with Crippen LogP contribution in [0.2, 0.25) is 13.1 Å². The molecule has 1 nitrogen and oxygen atoms in total. The lowest BCUT2D eigenvalue weighted by molar-refractivity contribution is 1.43. The maximum Gasteiger partial charge on any atom is 0.196 e. The molecule has 0 aliphatic heterocycles. The highest BCUT2D eigenvalue weighted by Gasteiger charge is 2.38. The van der Waals surface area contributed by atoms with Crippen LogP contribution in [-0.4, -0.2) is 17.2 Å². The molecule has 4 aromatic carbocycles. The fourth-order valence-electron chi connectivity index (χ4n) is 4.13. The first kappa shape index (κ1) is 19.4. The summed E-state index contributed by atoms with van der Waals surface area (Å²) in [5, 5.41) is 4.38. The summed E-state index contributed by atoms with van der Waals surface area (Å²) in [4.78, 5) is 0. The van der Waals surface area contributed by atoms with Crippen LogP contribution in [0.3, 0.4) is 0 Å². The molecule has 0 radical (unpaired) electrons. The van der Waals surface area contributed by atoms with Crippen LogP contribution in [0.25, 0.3) is 0 Å². The molecule has 144 valence electrons. The topological polar surface area (TPSA) is 3.24 Å². The van der Waals surface area contributed by atoms with Gasteiger partial charge in [-0.15, -0.1) is 0 Å². The second-order valence-electron chi connectivity index (χ2n) is 7.85. The summed E-state index contributed by atoms with van der Waals surface area (Å²) < 4.78 is 2.83. The summed E-state index contributed by atoms with van der Waals surface area (Å²) >= 11 is 0. The SMILES string of the molecule is C[Si](C)(c1ccccc1)N(c1ccccc1)[SiH](c1ccccc1)c1ccccc1. The fourth-order valence-corrected chi connectivity index (χ4v) is 12.8. The standard InChI is InChI=1S/C26H27NSi2/c1-29(2,26-21-13-6-14-22-26)27(23-15-7-3-8-16-23)28(24-17-9-4-10-18-24)25-19-11-5-12-20-25/h3-22,28H,1-2H3. The first-order valence-corrected chi connectivity index (χ1v) is 14.8. The van der Waals surface area contributed by atoms with Crippen LogP contribution in [0.1, 0.15) is 0 Å². The fraction of sp³-hybridized carbons (Fsp3) is 0.0769. The van der Waals surface area contributed by atoms with Crippen molar-refractivity contribution in [3.05, 3.63) is 121 Å². The maximum atomic E-state index is 2.83. The number of benzene rings is 4. The van der Waals surface area contributed by atoms with Crippen LogP contribution >= 0.6 is 0 Å². The Kier molecular flexibility index (Phi) is 5.79. The van der Waals surface area contributed by atoms with Crippen molar-refractivity contribution in [3.8, 4) is 0 Å². The molecular formula is C26H27NSi2. The predicted molar refractivity (Wildman–Crippen MR) is 132 cm³/mol. The third-order valence-electron chi connectivity index (χ3n) is 5.61. The molecule has 0 saturated heterocycles. The minimum absolute atomic E-state index is 1.33. The molecule has 4 rings (SSSR count). The molecular weight excluding hydrogens is 382 g/mol. The van der Waals surface area contributed by atoms with Gasteiger partial charge in [0, 0.05) is 5.69 Å². The van der Waals surface area contributed by atoms with E-state index in [4.69, 9.17) is 0 Å². The molecule has 0 aliphatic carbocycles. The molecule has 29 heavy (non-hydrogen) atoms. The predicted octanol–water partition coefficient (Wildman–Crippen LogP) is 4.14. The third kappa shape index (κ3) is 4.11. The third-order valence-corrected chi connectivity index (χ3v) is 14.4. The van der Waals surface area contributed by atoms with Gasteiger partial charge in [0.2, 0.25) is 0 Å². The van der Waals surface area contributed by atoms with Gasteiger partial charge in [-0.1, -0.05) is 109 Å². The Morgan fingerprint density at radius 1 is 0.517 bits per heavy atom. The number of para-hydroxylation sites is 1. The summed E-state index contributed by atoms with van der Waals surface area (Å²) in [6.45, 7) is 4.97. The quantitative estimate of drug-likeness (QED) is 0.433. The van der Waals surface area contributed by atoms with Gasteiger partial charge in [0.15, 0.2) is 17.2 Å². The number of nitrogens with zero attached hydrogens (tertiary/aromatic N) is 1. The normalized spacial score (nSPS) is 11.4. The minimum atomic E-state index is -1.98. The molecule has 0 unspecified atom stereocenters. The number of anilines is 1. The van der Waals surface area contributed by atoms with Gasteiger partial charge in [0.1, 0.15) is 0 Å². The lowest BCUT2D eigenvalue weighted by atomic mass is 10.3. The average molecular weight is 410 g/mol. The summed E-state index contributed by atoms with van der Waals surface area (Å²) in [7, 11) is -3.68. The van der Waals surface area contributed by atoms with Gasteiger partial charge < -0.3 is 4.23 Å². The van der Waals surface area contributed by atoms with Crippen molar-refractivity contribution in [1.29, 1.82) is 0 Å². The van der Waals surface area contributed by atoms with Crippen LogP contribution < -0.4 is 19.8 Å². The van der Waals surface area contributed by atoms with Gasteiger partial charge >= 0.3 is 0 Å². The van der Waals surface area contributed by atoms with Crippen LogP contribution in [0.5, 0.6) is 0 Å². The number of hydrogen-bond donors (Lipinski definition) is 0. The summed E-state index contributed by atoms with van der Waals surface area (Å²) in [6, 6.07) is 44.3. The Morgan fingerprint density at radius 2 is 0.897 bits per heavy atom. The van der Waals surface area contributed by atoms with Crippen molar-refractivity contribution < 1.29 is 0 Å². The van der Waals surface area contributed by atoms with E-state index >= 15 is 0 Å². The Labute approximate surface area is 177 Å². The van der Waals surface area contributed by atoms with Crippen LogP contribution in [0, 0.1) is 0 Å². The van der Waals surface area contributed by atoms with E-state index in [0.717, 1.165) is 0 Å². The van der Waals surface area contributed by atoms with Crippen molar-refractivity contribution >= 4 is 38.4 Å². The van der Waals surface area contributed by atoms with E-state index in [9.17, 15) is 0 Å². The van der Waals surface area contributed by atoms with E-state index in [-0.39, 0.29) is 0 Å². The zero-order chi connectivity index (χ0) is 20.1. The Hall–Kier alpha value is -2.89. The second kappa shape index (κ2) is 8.64. The minimum Gasteiger partial charge on any atom is -0.416 e. The molecule has 0 aromatic heterocycles. The lowest BCUT2D eigenvalue weighted by Gasteiger charge is -2.45. The van der Waals surface area contributed by atoms with Crippen LogP contribution in [-0.2, 0) is 0 Å². The molecule has 3 heteroatoms. The van der Waals surface area contributed by atoms with E-state index in [2.05, 4.69) is 139 Å². The van der Waals surface area contributed by atoms with Gasteiger partial charge in [0.05, 0.1) is 0 Å². The van der Waals surface area contributed by atoms with E-state index in [1.165, 1.54) is 21.2 Å². The Morgan fingerprint density at radius 3 is 1.34 bits per heavy atom. The van der Waals surface area contributed by atoms with E-state index in [1.807, 2.05) is 0 Å². The van der Waals surface area contributed by atoms with Crippen molar-refractivity contribution in [1.82, 2.24) is 0 Å². The molecule has 0 aliphatic rings. The maximum absolute atomic E-state index is 2.83. The van der Waals surface area contributed by atoms with Crippen LogP contribution in [0.4, 0.5) is 5.69 Å². The molecule has 0 heterocycles. The molecule has 0 atom stereocenters. The molecule has 0 N–H and O–H groups in total. The molecule has 0 bridgehead atoms. The first-order valence-electron chi connectivity index (χ1n) is 10.2. The van der Waals surface area contributed by atoms with Crippen molar-refractivity contribution in [3.63, 3.8) is 0 Å². The van der Waals surface area contributed by atoms with Gasteiger partial charge in [-0.05, 0) is 40.8 Å². The van der Waals surface area contributed by atoms with Crippen molar-refractivity contribution in [2.24, 2.45) is 0 Å². The van der Waals surface area contributed by atoms with Gasteiger partial charge in [-0.2, -0.15) is 0 Å². The summed E-state index contributed by atoms with van der Waals surface area (Å²) in [5.41, 5.74) is 1.33. The zero-order valence-electron chi connectivity index (χ0n) is 17.1. The van der Waals surface area contributed by atoms with E-state index in [1.54, 1.807) is 0 Å². The van der Waals surface area contributed by atoms with Gasteiger partial charge in [-0.3, -0.25) is 0 Å². The van der Waals surface area contributed by atoms with E-state index in [0.29, 0.717) is 0 Å². The second-order valence-corrected chi connectivity index (χ2v) is 15.2. The summed E-state index contributed by atoms with van der Waals surface area (Å²) in [5.74, 6) is 0. The van der Waals surface area contributed by atoms with Crippen LogP contribution in [0.15, 0.2) is 121 Å². The molecule has 0 saturated carbocycles. The largest absolute Gasteiger partial charge is 0.416 e. The molecule has 0 amide bonds. The molecule has 4 aromatic rings. The molecule has 0 fully saturated rings. The number of hydrogen-bond acceptors (Lipinski definition) is 1. The highest BCUT2D eigenvalue weighted by molar-refractivity contribution is 7.07. The molecule has 0 spiro atoms. The first-order chi connectivity index (χ1) is 14.2. The number of rotatable bonds is 6. The van der Waals surface area contributed by atoms with Gasteiger partial charge in [-0.25, -0.2) is 0 Å². The Balaban J connectivity index is 1.95. The lowest BCUT2D eigenvalue weighted by Crippen LogP contribution is -2.70.